The predicted octanol–water partition coefficient (Wildman–Crippen LogP) is 1.02. The highest BCUT2D eigenvalue weighted by atomic mass is 19.1. The van der Waals surface area contributed by atoms with Crippen LogP contribution >= 0.6 is 0 Å². The number of amides is 1. The summed E-state index contributed by atoms with van der Waals surface area (Å²) in [7, 11) is 0. The van der Waals surface area contributed by atoms with Crippen molar-refractivity contribution in [2.75, 3.05) is 5.73 Å². The van der Waals surface area contributed by atoms with Crippen molar-refractivity contribution in [2.45, 2.75) is 13.0 Å². The van der Waals surface area contributed by atoms with Gasteiger partial charge in [-0.25, -0.2) is 9.37 Å². The highest BCUT2D eigenvalue weighted by molar-refractivity contribution is 5.99. The summed E-state index contributed by atoms with van der Waals surface area (Å²) in [5.41, 5.74) is 5.90. The molecule has 0 bridgehead atoms. The molecule has 0 saturated heterocycles. The number of rotatable bonds is 3. The molecule has 4 N–H and O–H groups in total. The first-order valence-corrected chi connectivity index (χ1v) is 5.29. The van der Waals surface area contributed by atoms with E-state index in [1.165, 1.54) is 18.5 Å². The van der Waals surface area contributed by atoms with E-state index >= 15 is 0 Å². The normalized spacial score (nSPS) is 12.1. The van der Waals surface area contributed by atoms with Gasteiger partial charge in [0.25, 0.3) is 5.91 Å². The summed E-state index contributed by atoms with van der Waals surface area (Å²) >= 11 is 0. The van der Waals surface area contributed by atoms with Crippen LogP contribution in [-0.2, 0) is 0 Å². The van der Waals surface area contributed by atoms with Gasteiger partial charge in [-0.3, -0.25) is 9.89 Å². The summed E-state index contributed by atoms with van der Waals surface area (Å²) in [4.78, 5) is 15.8. The maximum atomic E-state index is 12.9. The van der Waals surface area contributed by atoms with E-state index in [0.717, 1.165) is 6.07 Å². The molecule has 0 saturated carbocycles. The monoisotopic (exact) mass is 249 g/mol. The summed E-state index contributed by atoms with van der Waals surface area (Å²) < 4.78 is 12.9. The number of nitrogen functional groups attached to an aromatic ring is 1. The molecule has 0 aliphatic carbocycles. The molecule has 0 spiro atoms. The van der Waals surface area contributed by atoms with Gasteiger partial charge >= 0.3 is 0 Å². The number of nitrogens with two attached hydrogens (primary N) is 1. The highest BCUT2D eigenvalue weighted by Crippen LogP contribution is 2.15. The smallest absolute Gasteiger partial charge is 0.253 e. The van der Waals surface area contributed by atoms with Gasteiger partial charge in [-0.2, -0.15) is 5.10 Å². The molecule has 1 heterocycles. The fourth-order valence-corrected chi connectivity index (χ4v) is 1.51. The van der Waals surface area contributed by atoms with Gasteiger partial charge in [-0.1, -0.05) is 0 Å². The van der Waals surface area contributed by atoms with Crippen LogP contribution in [-0.4, -0.2) is 21.1 Å². The number of nitrogens with zero attached hydrogens (tertiary/aromatic N) is 2. The van der Waals surface area contributed by atoms with E-state index in [1.54, 1.807) is 6.92 Å². The Balaban J connectivity index is 2.12. The molecule has 2 aromatic rings. The van der Waals surface area contributed by atoms with Crippen LogP contribution in [0.15, 0.2) is 24.5 Å². The van der Waals surface area contributed by atoms with Gasteiger partial charge in [0, 0.05) is 5.69 Å². The van der Waals surface area contributed by atoms with Crippen molar-refractivity contribution in [1.82, 2.24) is 20.5 Å². The van der Waals surface area contributed by atoms with Crippen molar-refractivity contribution in [3.63, 3.8) is 0 Å². The molecule has 0 aliphatic heterocycles. The molecule has 6 nitrogen and oxygen atoms in total. The quantitative estimate of drug-likeness (QED) is 0.707. The van der Waals surface area contributed by atoms with E-state index in [2.05, 4.69) is 20.5 Å². The van der Waals surface area contributed by atoms with E-state index in [-0.39, 0.29) is 17.3 Å². The number of aromatic amines is 1. The molecule has 1 aromatic heterocycles. The maximum Gasteiger partial charge on any atom is 0.253 e. The second-order valence-corrected chi connectivity index (χ2v) is 3.80. The van der Waals surface area contributed by atoms with Crippen LogP contribution in [0.4, 0.5) is 10.1 Å². The number of carbonyl (C=O) groups excluding carboxylic acids is 1. The topological polar surface area (TPSA) is 96.7 Å². The van der Waals surface area contributed by atoms with Crippen LogP contribution in [0.1, 0.15) is 29.1 Å². The average Bonchev–Trinajstić information content (AvgIpc) is 2.81. The van der Waals surface area contributed by atoms with Crippen molar-refractivity contribution in [3.8, 4) is 0 Å². The Bertz CT molecular complexity index is 555. The van der Waals surface area contributed by atoms with Crippen molar-refractivity contribution in [1.29, 1.82) is 0 Å². The van der Waals surface area contributed by atoms with Gasteiger partial charge in [0.1, 0.15) is 18.0 Å². The lowest BCUT2D eigenvalue weighted by molar-refractivity contribution is 0.0939. The molecule has 7 heteroatoms. The zero-order valence-electron chi connectivity index (χ0n) is 9.64. The Morgan fingerprint density at radius 3 is 2.94 bits per heavy atom. The zero-order chi connectivity index (χ0) is 13.1. The van der Waals surface area contributed by atoms with E-state index in [9.17, 15) is 9.18 Å². The predicted molar refractivity (Wildman–Crippen MR) is 63.1 cm³/mol. The molecule has 1 amide bonds. The minimum Gasteiger partial charge on any atom is -0.398 e. The van der Waals surface area contributed by atoms with Gasteiger partial charge in [0.2, 0.25) is 0 Å². The number of carbonyl (C=O) groups is 1. The molecule has 1 unspecified atom stereocenters. The van der Waals surface area contributed by atoms with Crippen LogP contribution in [0.3, 0.4) is 0 Å². The van der Waals surface area contributed by atoms with Crippen molar-refractivity contribution in [2.24, 2.45) is 0 Å². The van der Waals surface area contributed by atoms with Crippen molar-refractivity contribution < 1.29 is 9.18 Å². The number of halogens is 1. The highest BCUT2D eigenvalue weighted by Gasteiger charge is 2.15. The molecule has 1 atom stereocenters. The molecule has 0 aliphatic rings. The first-order chi connectivity index (χ1) is 8.58. The van der Waals surface area contributed by atoms with E-state index in [0.29, 0.717) is 5.82 Å². The van der Waals surface area contributed by atoms with E-state index in [1.807, 2.05) is 0 Å². The Labute approximate surface area is 102 Å². The Hall–Kier alpha value is -2.44. The summed E-state index contributed by atoms with van der Waals surface area (Å²) in [6.45, 7) is 1.75. The summed E-state index contributed by atoms with van der Waals surface area (Å²) in [6.07, 6.45) is 1.35. The second-order valence-electron chi connectivity index (χ2n) is 3.80. The first kappa shape index (κ1) is 12.0. The van der Waals surface area contributed by atoms with Crippen LogP contribution < -0.4 is 11.1 Å². The molecule has 0 fully saturated rings. The number of hydrogen-bond donors (Lipinski definition) is 3. The summed E-state index contributed by atoms with van der Waals surface area (Å²) in [6, 6.07) is 3.29. The van der Waals surface area contributed by atoms with Gasteiger partial charge < -0.3 is 11.1 Å². The molecule has 1 aromatic carbocycles. The summed E-state index contributed by atoms with van der Waals surface area (Å²) in [5, 5.41) is 9.02. The average molecular weight is 249 g/mol. The minimum atomic E-state index is -0.479. The van der Waals surface area contributed by atoms with Crippen molar-refractivity contribution in [3.05, 3.63) is 41.7 Å². The van der Waals surface area contributed by atoms with Crippen molar-refractivity contribution >= 4 is 11.6 Å². The Kier molecular flexibility index (Phi) is 3.22. The van der Waals surface area contributed by atoms with Crippen LogP contribution in [0, 0.1) is 5.82 Å². The largest absolute Gasteiger partial charge is 0.398 e. The third-order valence-electron chi connectivity index (χ3n) is 2.45. The molecular weight excluding hydrogens is 237 g/mol. The fourth-order valence-electron chi connectivity index (χ4n) is 1.51. The molecule has 2 rings (SSSR count). The maximum absolute atomic E-state index is 12.9. The van der Waals surface area contributed by atoms with Gasteiger partial charge in [0.05, 0.1) is 11.6 Å². The molecule has 94 valence electrons. The minimum absolute atomic E-state index is 0.0947. The Morgan fingerprint density at radius 1 is 1.56 bits per heavy atom. The number of hydrogen-bond acceptors (Lipinski definition) is 4. The zero-order valence-corrected chi connectivity index (χ0v) is 9.64. The van der Waals surface area contributed by atoms with Gasteiger partial charge in [-0.15, -0.1) is 0 Å². The standard InChI is InChI=1S/C11H12FN5O/c1-6(10-14-5-15-17-10)16-11(18)8-3-2-7(12)4-9(8)13/h2-6H,13H2,1H3,(H,16,18)(H,14,15,17). The lowest BCUT2D eigenvalue weighted by Crippen LogP contribution is -2.28. The van der Waals surface area contributed by atoms with Gasteiger partial charge in [0.15, 0.2) is 0 Å². The lowest BCUT2D eigenvalue weighted by atomic mass is 10.1. The van der Waals surface area contributed by atoms with E-state index < -0.39 is 11.7 Å². The van der Waals surface area contributed by atoms with E-state index in [4.69, 9.17) is 5.73 Å². The van der Waals surface area contributed by atoms with Crippen LogP contribution in [0.2, 0.25) is 0 Å². The summed E-state index contributed by atoms with van der Waals surface area (Å²) in [5.74, 6) is -0.340. The molecular formula is C11H12FN5O. The third kappa shape index (κ3) is 2.45. The van der Waals surface area contributed by atoms with Crippen LogP contribution in [0.5, 0.6) is 0 Å². The number of benzene rings is 1. The lowest BCUT2D eigenvalue weighted by Gasteiger charge is -2.12. The Morgan fingerprint density at radius 2 is 2.33 bits per heavy atom. The molecule has 0 radical (unpaired) electrons. The van der Waals surface area contributed by atoms with Crippen LogP contribution in [0.25, 0.3) is 0 Å². The SMILES string of the molecule is CC(NC(=O)c1ccc(F)cc1N)c1ncn[nH]1. The number of nitrogens with one attached hydrogen (secondary N) is 2. The second kappa shape index (κ2) is 4.82. The number of aromatic nitrogens is 3. The van der Waals surface area contributed by atoms with Gasteiger partial charge in [-0.05, 0) is 25.1 Å². The number of H-pyrrole nitrogens is 1. The number of anilines is 1. The fraction of sp³-hybridized carbons (Fsp3) is 0.182. The molecule has 18 heavy (non-hydrogen) atoms. The first-order valence-electron chi connectivity index (χ1n) is 5.29. The third-order valence-corrected chi connectivity index (χ3v) is 2.45.